The molecule has 0 aromatic heterocycles. The van der Waals surface area contributed by atoms with Crippen molar-refractivity contribution in [2.24, 2.45) is 11.8 Å². The molecule has 1 saturated carbocycles. The average molecular weight is 218 g/mol. The smallest absolute Gasteiger partial charge is 0.165 e. The molecule has 0 amide bonds. The van der Waals surface area contributed by atoms with Crippen molar-refractivity contribution in [3.8, 4) is 5.75 Å². The number of rotatable bonds is 5. The summed E-state index contributed by atoms with van der Waals surface area (Å²) in [5, 5.41) is 0. The second-order valence-electron chi connectivity index (χ2n) is 4.68. The second-order valence-corrected chi connectivity index (χ2v) is 4.68. The standard InChI is InChI=1S/C14H18O2/c1-10(8-11-6-7-11)14(15)12-4-3-5-13(9-12)16-2/h3-5,9-11H,6-8H2,1-2H3. The zero-order chi connectivity index (χ0) is 11.5. The quantitative estimate of drug-likeness (QED) is 0.709. The summed E-state index contributed by atoms with van der Waals surface area (Å²) < 4.78 is 5.13. The molecule has 2 heteroatoms. The Morgan fingerprint density at radius 1 is 1.50 bits per heavy atom. The van der Waals surface area contributed by atoms with E-state index in [-0.39, 0.29) is 11.7 Å². The van der Waals surface area contributed by atoms with Crippen molar-refractivity contribution in [2.75, 3.05) is 7.11 Å². The summed E-state index contributed by atoms with van der Waals surface area (Å²) in [6, 6.07) is 7.43. The highest BCUT2D eigenvalue weighted by Gasteiger charge is 2.27. The molecule has 2 nitrogen and oxygen atoms in total. The molecule has 0 bridgehead atoms. The highest BCUT2D eigenvalue weighted by molar-refractivity contribution is 5.97. The lowest BCUT2D eigenvalue weighted by molar-refractivity contribution is 0.0920. The van der Waals surface area contributed by atoms with Gasteiger partial charge in [-0.3, -0.25) is 4.79 Å². The van der Waals surface area contributed by atoms with Crippen molar-refractivity contribution < 1.29 is 9.53 Å². The van der Waals surface area contributed by atoms with Gasteiger partial charge in [0.05, 0.1) is 7.11 Å². The summed E-state index contributed by atoms with van der Waals surface area (Å²) in [5.41, 5.74) is 0.771. The van der Waals surface area contributed by atoms with E-state index >= 15 is 0 Å². The fraction of sp³-hybridized carbons (Fsp3) is 0.500. The van der Waals surface area contributed by atoms with Crippen LogP contribution in [0.5, 0.6) is 5.75 Å². The first-order valence-electron chi connectivity index (χ1n) is 5.89. The maximum Gasteiger partial charge on any atom is 0.165 e. The van der Waals surface area contributed by atoms with Crippen molar-refractivity contribution >= 4 is 5.78 Å². The second kappa shape index (κ2) is 4.69. The molecular formula is C14H18O2. The van der Waals surface area contributed by atoms with Crippen molar-refractivity contribution in [2.45, 2.75) is 26.2 Å². The van der Waals surface area contributed by atoms with Gasteiger partial charge in [0.25, 0.3) is 0 Å². The van der Waals surface area contributed by atoms with Crippen LogP contribution in [0.15, 0.2) is 24.3 Å². The van der Waals surface area contributed by atoms with Gasteiger partial charge in [0.15, 0.2) is 5.78 Å². The minimum atomic E-state index is 0.139. The number of hydrogen-bond acceptors (Lipinski definition) is 2. The fourth-order valence-electron chi connectivity index (χ4n) is 2.02. The first-order chi connectivity index (χ1) is 7.70. The van der Waals surface area contributed by atoms with E-state index in [1.807, 2.05) is 31.2 Å². The van der Waals surface area contributed by atoms with Gasteiger partial charge in [0.1, 0.15) is 5.75 Å². The zero-order valence-corrected chi connectivity index (χ0v) is 9.90. The van der Waals surface area contributed by atoms with E-state index in [1.165, 1.54) is 12.8 Å². The van der Waals surface area contributed by atoms with Gasteiger partial charge in [-0.2, -0.15) is 0 Å². The van der Waals surface area contributed by atoms with Crippen molar-refractivity contribution in [1.29, 1.82) is 0 Å². The molecule has 1 aliphatic rings. The van der Waals surface area contributed by atoms with E-state index in [9.17, 15) is 4.79 Å². The molecule has 1 fully saturated rings. The Labute approximate surface area is 96.6 Å². The molecule has 1 atom stereocenters. The third-order valence-corrected chi connectivity index (χ3v) is 3.19. The Bertz CT molecular complexity index is 380. The molecule has 0 spiro atoms. The van der Waals surface area contributed by atoms with Crippen LogP contribution in [-0.2, 0) is 0 Å². The molecule has 1 aliphatic carbocycles. The first-order valence-corrected chi connectivity index (χ1v) is 5.89. The van der Waals surface area contributed by atoms with Gasteiger partial charge >= 0.3 is 0 Å². The summed E-state index contributed by atoms with van der Waals surface area (Å²) in [6.07, 6.45) is 3.64. The summed E-state index contributed by atoms with van der Waals surface area (Å²) in [5.74, 6) is 1.93. The van der Waals surface area contributed by atoms with Gasteiger partial charge in [0.2, 0.25) is 0 Å². The van der Waals surface area contributed by atoms with Crippen molar-refractivity contribution in [3.63, 3.8) is 0 Å². The van der Waals surface area contributed by atoms with Crippen LogP contribution in [0.3, 0.4) is 0 Å². The number of Topliss-reactive ketones (excluding diaryl/α,β-unsaturated/α-hetero) is 1. The molecule has 1 aromatic carbocycles. The number of benzene rings is 1. The molecule has 1 aromatic rings. The summed E-state index contributed by atoms with van der Waals surface area (Å²) in [4.78, 5) is 12.1. The van der Waals surface area contributed by atoms with Gasteiger partial charge < -0.3 is 4.74 Å². The molecule has 86 valence electrons. The van der Waals surface area contributed by atoms with E-state index < -0.39 is 0 Å². The van der Waals surface area contributed by atoms with E-state index in [1.54, 1.807) is 7.11 Å². The summed E-state index contributed by atoms with van der Waals surface area (Å²) in [7, 11) is 1.62. The monoisotopic (exact) mass is 218 g/mol. The highest BCUT2D eigenvalue weighted by atomic mass is 16.5. The topological polar surface area (TPSA) is 26.3 Å². The summed E-state index contributed by atoms with van der Waals surface area (Å²) >= 11 is 0. The molecule has 0 aliphatic heterocycles. The van der Waals surface area contributed by atoms with E-state index in [2.05, 4.69) is 0 Å². The Kier molecular flexibility index (Phi) is 3.28. The predicted octanol–water partition coefficient (Wildman–Crippen LogP) is 3.31. The number of carbonyl (C=O) groups is 1. The lowest BCUT2D eigenvalue weighted by Crippen LogP contribution is -2.12. The number of carbonyl (C=O) groups excluding carboxylic acids is 1. The van der Waals surface area contributed by atoms with Crippen LogP contribution in [0.2, 0.25) is 0 Å². The highest BCUT2D eigenvalue weighted by Crippen LogP contribution is 2.36. The normalized spacial score (nSPS) is 16.9. The predicted molar refractivity (Wildman–Crippen MR) is 63.8 cm³/mol. The molecule has 0 N–H and O–H groups in total. The number of hydrogen-bond donors (Lipinski definition) is 0. The first kappa shape index (κ1) is 11.2. The van der Waals surface area contributed by atoms with E-state index in [4.69, 9.17) is 4.74 Å². The molecule has 0 saturated heterocycles. The Morgan fingerprint density at radius 2 is 2.25 bits per heavy atom. The lowest BCUT2D eigenvalue weighted by atomic mass is 9.94. The van der Waals surface area contributed by atoms with Crippen LogP contribution >= 0.6 is 0 Å². The third-order valence-electron chi connectivity index (χ3n) is 3.19. The van der Waals surface area contributed by atoms with Crippen molar-refractivity contribution in [1.82, 2.24) is 0 Å². The molecule has 0 radical (unpaired) electrons. The van der Waals surface area contributed by atoms with Crippen LogP contribution < -0.4 is 4.74 Å². The van der Waals surface area contributed by atoms with Crippen LogP contribution in [0, 0.1) is 11.8 Å². The van der Waals surface area contributed by atoms with Crippen LogP contribution in [-0.4, -0.2) is 12.9 Å². The van der Waals surface area contributed by atoms with E-state index in [0.29, 0.717) is 0 Å². The van der Waals surface area contributed by atoms with Gasteiger partial charge in [-0.05, 0) is 24.5 Å². The number of ketones is 1. The van der Waals surface area contributed by atoms with E-state index in [0.717, 1.165) is 23.7 Å². The average Bonchev–Trinajstić information content (AvgIpc) is 3.12. The zero-order valence-electron chi connectivity index (χ0n) is 9.90. The molecule has 1 unspecified atom stereocenters. The molecule has 16 heavy (non-hydrogen) atoms. The maximum atomic E-state index is 12.1. The lowest BCUT2D eigenvalue weighted by Gasteiger charge is -2.10. The number of ether oxygens (including phenoxy) is 1. The third kappa shape index (κ3) is 2.63. The molecule has 0 heterocycles. The van der Waals surface area contributed by atoms with Crippen LogP contribution in [0.4, 0.5) is 0 Å². The Balaban J connectivity index is 2.06. The number of methoxy groups -OCH3 is 1. The van der Waals surface area contributed by atoms with Crippen LogP contribution in [0.1, 0.15) is 36.5 Å². The largest absolute Gasteiger partial charge is 0.497 e. The summed E-state index contributed by atoms with van der Waals surface area (Å²) in [6.45, 7) is 2.03. The van der Waals surface area contributed by atoms with Crippen molar-refractivity contribution in [3.05, 3.63) is 29.8 Å². The Morgan fingerprint density at radius 3 is 2.88 bits per heavy atom. The van der Waals surface area contributed by atoms with Crippen LogP contribution in [0.25, 0.3) is 0 Å². The molecular weight excluding hydrogens is 200 g/mol. The minimum absolute atomic E-state index is 0.139. The Hall–Kier alpha value is -1.31. The maximum absolute atomic E-state index is 12.1. The van der Waals surface area contributed by atoms with Gasteiger partial charge in [-0.25, -0.2) is 0 Å². The fourth-order valence-corrected chi connectivity index (χ4v) is 2.02. The molecule has 2 rings (SSSR count). The van der Waals surface area contributed by atoms with Gasteiger partial charge in [0, 0.05) is 11.5 Å². The minimum Gasteiger partial charge on any atom is -0.497 e. The SMILES string of the molecule is COc1cccc(C(=O)C(C)CC2CC2)c1. The van der Waals surface area contributed by atoms with Gasteiger partial charge in [-0.1, -0.05) is 31.9 Å². The van der Waals surface area contributed by atoms with Gasteiger partial charge in [-0.15, -0.1) is 0 Å².